The first-order valence-corrected chi connectivity index (χ1v) is 8.63. The molecule has 1 aromatic rings. The number of thiazole rings is 1. The zero-order valence-electron chi connectivity index (χ0n) is 12.3. The largest absolute Gasteiger partial charge is 0.465 e. The number of carbonyl (C=O) groups excluding carboxylic acids is 2. The van der Waals surface area contributed by atoms with E-state index in [9.17, 15) is 9.59 Å². The van der Waals surface area contributed by atoms with Gasteiger partial charge in [-0.05, 0) is 13.8 Å². The highest BCUT2D eigenvalue weighted by Crippen LogP contribution is 2.15. The Labute approximate surface area is 133 Å². The van der Waals surface area contributed by atoms with Gasteiger partial charge in [-0.15, -0.1) is 29.7 Å². The Morgan fingerprint density at radius 3 is 2.90 bits per heavy atom. The maximum absolute atomic E-state index is 12.1. The van der Waals surface area contributed by atoms with Crippen LogP contribution < -0.4 is 0 Å². The van der Waals surface area contributed by atoms with Crippen LogP contribution in [0.2, 0.25) is 0 Å². The maximum atomic E-state index is 12.1. The number of rotatable bonds is 9. The van der Waals surface area contributed by atoms with Crippen LogP contribution in [0, 0.1) is 6.92 Å². The van der Waals surface area contributed by atoms with Gasteiger partial charge in [0, 0.05) is 17.7 Å². The van der Waals surface area contributed by atoms with Crippen molar-refractivity contribution in [2.24, 2.45) is 0 Å². The van der Waals surface area contributed by atoms with Crippen LogP contribution in [0.25, 0.3) is 0 Å². The van der Waals surface area contributed by atoms with E-state index in [2.05, 4.69) is 11.6 Å². The van der Waals surface area contributed by atoms with Gasteiger partial charge in [0.15, 0.2) is 0 Å². The molecule has 116 valence electrons. The van der Waals surface area contributed by atoms with Gasteiger partial charge in [0.2, 0.25) is 5.91 Å². The lowest BCUT2D eigenvalue weighted by molar-refractivity contribution is -0.147. The Morgan fingerprint density at radius 2 is 2.33 bits per heavy atom. The van der Waals surface area contributed by atoms with Crippen LogP contribution in [0.15, 0.2) is 18.0 Å². The Balaban J connectivity index is 2.41. The molecular formula is C14H20N2O3S2. The summed E-state index contributed by atoms with van der Waals surface area (Å²) in [6.07, 6.45) is 1.60. The highest BCUT2D eigenvalue weighted by Gasteiger charge is 2.16. The van der Waals surface area contributed by atoms with Crippen LogP contribution in [0.1, 0.15) is 17.6 Å². The standard InChI is InChI=1S/C14H20N2O3S2/c1-4-6-16(7-14(18)19-5-2)13(17)10-20-8-12-9-21-11(3)15-12/h4,9H,1,5-8,10H2,2-3H3. The molecule has 0 aliphatic rings. The number of hydrogen-bond acceptors (Lipinski definition) is 6. The highest BCUT2D eigenvalue weighted by atomic mass is 32.2. The third-order valence-electron chi connectivity index (χ3n) is 2.47. The average Bonchev–Trinajstić information content (AvgIpc) is 2.84. The Morgan fingerprint density at radius 1 is 1.57 bits per heavy atom. The van der Waals surface area contributed by atoms with Crippen molar-refractivity contribution in [3.8, 4) is 0 Å². The molecule has 0 atom stereocenters. The molecule has 0 fully saturated rings. The molecule has 1 heterocycles. The topological polar surface area (TPSA) is 59.5 Å². The van der Waals surface area contributed by atoms with Crippen molar-refractivity contribution in [3.63, 3.8) is 0 Å². The first-order valence-electron chi connectivity index (χ1n) is 6.59. The number of amides is 1. The molecule has 0 unspecified atom stereocenters. The molecule has 21 heavy (non-hydrogen) atoms. The Kier molecular flexibility index (Phi) is 8.07. The fourth-order valence-corrected chi connectivity index (χ4v) is 3.12. The van der Waals surface area contributed by atoms with Crippen molar-refractivity contribution in [1.29, 1.82) is 0 Å². The van der Waals surface area contributed by atoms with E-state index in [-0.39, 0.29) is 12.5 Å². The molecule has 0 spiro atoms. The minimum absolute atomic E-state index is 0.0327. The summed E-state index contributed by atoms with van der Waals surface area (Å²) in [4.78, 5) is 29.4. The Bertz CT molecular complexity index is 488. The summed E-state index contributed by atoms with van der Waals surface area (Å²) in [5.41, 5.74) is 0.982. The van der Waals surface area contributed by atoms with Crippen LogP contribution in [0.4, 0.5) is 0 Å². The molecule has 0 saturated heterocycles. The van der Waals surface area contributed by atoms with Crippen molar-refractivity contribution in [1.82, 2.24) is 9.88 Å². The molecular weight excluding hydrogens is 308 g/mol. The molecule has 7 heteroatoms. The van der Waals surface area contributed by atoms with E-state index >= 15 is 0 Å². The minimum Gasteiger partial charge on any atom is -0.465 e. The molecule has 0 aliphatic carbocycles. The molecule has 1 rings (SSSR count). The van der Waals surface area contributed by atoms with Gasteiger partial charge in [-0.2, -0.15) is 0 Å². The fourth-order valence-electron chi connectivity index (χ4n) is 1.58. The van der Waals surface area contributed by atoms with E-state index in [0.717, 1.165) is 10.7 Å². The van der Waals surface area contributed by atoms with Gasteiger partial charge in [-0.25, -0.2) is 4.98 Å². The van der Waals surface area contributed by atoms with Crippen LogP contribution in [-0.2, 0) is 20.1 Å². The highest BCUT2D eigenvalue weighted by molar-refractivity contribution is 7.99. The minimum atomic E-state index is -0.396. The number of ether oxygens (including phenoxy) is 1. The van der Waals surface area contributed by atoms with Crippen LogP contribution >= 0.6 is 23.1 Å². The molecule has 0 bridgehead atoms. The van der Waals surface area contributed by atoms with Gasteiger partial charge in [0.25, 0.3) is 0 Å². The third kappa shape index (κ3) is 6.77. The average molecular weight is 328 g/mol. The molecule has 0 aromatic carbocycles. The number of aryl methyl sites for hydroxylation is 1. The van der Waals surface area contributed by atoms with Crippen molar-refractivity contribution in [3.05, 3.63) is 28.7 Å². The second-order valence-corrected chi connectivity index (χ2v) is 6.27. The SMILES string of the molecule is C=CCN(CC(=O)OCC)C(=O)CSCc1csc(C)n1. The summed E-state index contributed by atoms with van der Waals surface area (Å²) in [7, 11) is 0. The van der Waals surface area contributed by atoms with Crippen molar-refractivity contribution >= 4 is 35.0 Å². The van der Waals surface area contributed by atoms with Gasteiger partial charge in [-0.3, -0.25) is 9.59 Å². The van der Waals surface area contributed by atoms with E-state index in [0.29, 0.717) is 24.7 Å². The number of nitrogens with zero attached hydrogens (tertiary/aromatic N) is 2. The van der Waals surface area contributed by atoms with Crippen LogP contribution in [0.3, 0.4) is 0 Å². The number of thioether (sulfide) groups is 1. The van der Waals surface area contributed by atoms with E-state index < -0.39 is 5.97 Å². The van der Waals surface area contributed by atoms with Crippen LogP contribution in [-0.4, -0.2) is 47.2 Å². The van der Waals surface area contributed by atoms with Gasteiger partial charge < -0.3 is 9.64 Å². The maximum Gasteiger partial charge on any atom is 0.325 e. The van der Waals surface area contributed by atoms with Gasteiger partial charge in [0.05, 0.1) is 23.1 Å². The lowest BCUT2D eigenvalue weighted by Crippen LogP contribution is -2.37. The van der Waals surface area contributed by atoms with Crippen molar-refractivity contribution < 1.29 is 14.3 Å². The summed E-state index contributed by atoms with van der Waals surface area (Å²) in [6, 6.07) is 0. The zero-order chi connectivity index (χ0) is 15.7. The first kappa shape index (κ1) is 17.7. The lowest BCUT2D eigenvalue weighted by Gasteiger charge is -2.19. The number of esters is 1. The quantitative estimate of drug-likeness (QED) is 0.514. The summed E-state index contributed by atoms with van der Waals surface area (Å²) in [5.74, 6) is 0.508. The predicted octanol–water partition coefficient (Wildman–Crippen LogP) is 2.26. The van der Waals surface area contributed by atoms with Gasteiger partial charge in [-0.1, -0.05) is 6.08 Å². The monoisotopic (exact) mass is 328 g/mol. The molecule has 5 nitrogen and oxygen atoms in total. The smallest absolute Gasteiger partial charge is 0.325 e. The van der Waals surface area contributed by atoms with E-state index in [1.165, 1.54) is 16.7 Å². The summed E-state index contributed by atoms with van der Waals surface area (Å²) in [5, 5.41) is 3.01. The zero-order valence-corrected chi connectivity index (χ0v) is 14.0. The predicted molar refractivity (Wildman–Crippen MR) is 86.4 cm³/mol. The molecule has 1 aromatic heterocycles. The van der Waals surface area contributed by atoms with E-state index in [1.807, 2.05) is 12.3 Å². The fraction of sp³-hybridized carbons (Fsp3) is 0.500. The second-order valence-electron chi connectivity index (χ2n) is 4.22. The van der Waals surface area contributed by atoms with Gasteiger partial charge >= 0.3 is 5.97 Å². The molecule has 0 aliphatic heterocycles. The molecule has 0 N–H and O–H groups in total. The lowest BCUT2D eigenvalue weighted by atomic mass is 10.4. The third-order valence-corrected chi connectivity index (χ3v) is 4.24. The Hall–Kier alpha value is -1.34. The van der Waals surface area contributed by atoms with Crippen molar-refractivity contribution in [2.45, 2.75) is 19.6 Å². The number of aromatic nitrogens is 1. The second kappa shape index (κ2) is 9.57. The molecule has 1 amide bonds. The molecule has 0 radical (unpaired) electrons. The van der Waals surface area contributed by atoms with Crippen molar-refractivity contribution in [2.75, 3.05) is 25.4 Å². The number of hydrogen-bond donors (Lipinski definition) is 0. The van der Waals surface area contributed by atoms with Gasteiger partial charge in [0.1, 0.15) is 6.54 Å². The number of carbonyl (C=O) groups is 2. The molecule has 0 saturated carbocycles. The van der Waals surface area contributed by atoms with Crippen LogP contribution in [0.5, 0.6) is 0 Å². The normalized spacial score (nSPS) is 10.2. The van der Waals surface area contributed by atoms with E-state index in [1.54, 1.807) is 24.3 Å². The summed E-state index contributed by atoms with van der Waals surface area (Å²) < 4.78 is 4.86. The van der Waals surface area contributed by atoms with E-state index in [4.69, 9.17) is 4.74 Å². The summed E-state index contributed by atoms with van der Waals surface area (Å²) >= 11 is 3.09. The first-order chi connectivity index (χ1) is 10.1. The summed E-state index contributed by atoms with van der Waals surface area (Å²) in [6.45, 7) is 7.92.